The highest BCUT2D eigenvalue weighted by molar-refractivity contribution is 7.23. The molecule has 337 valence electrons. The second-order valence-electron chi connectivity index (χ2n) is 18.7. The van der Waals surface area contributed by atoms with Crippen LogP contribution in [0.25, 0.3) is 22.3 Å². The van der Waals surface area contributed by atoms with Gasteiger partial charge in [-0.2, -0.15) is 0 Å². The van der Waals surface area contributed by atoms with Crippen molar-refractivity contribution in [3.05, 3.63) is 273 Å². The van der Waals surface area contributed by atoms with E-state index >= 15 is 0 Å². The fourth-order valence-electron chi connectivity index (χ4n) is 11.9. The molecule has 4 nitrogen and oxygen atoms in total. The van der Waals surface area contributed by atoms with E-state index in [0.717, 1.165) is 67.7 Å². The van der Waals surface area contributed by atoms with E-state index in [0.29, 0.717) is 0 Å². The number of para-hydroxylation sites is 7. The van der Waals surface area contributed by atoms with E-state index < -0.39 is 8.07 Å². The molecule has 3 heterocycles. The lowest BCUT2D eigenvalue weighted by Gasteiger charge is -2.40. The first-order chi connectivity index (χ1) is 35.7. The van der Waals surface area contributed by atoms with Gasteiger partial charge in [0.15, 0.2) is 15.4 Å². The molecule has 1 radical (unpaired) electrons. The number of anilines is 11. The van der Waals surface area contributed by atoms with Gasteiger partial charge in [-0.1, -0.05) is 187 Å². The Bertz CT molecular complexity index is 3710. The van der Waals surface area contributed by atoms with Crippen molar-refractivity contribution in [2.45, 2.75) is 0 Å². The van der Waals surface area contributed by atoms with Crippen LogP contribution in [0.4, 0.5) is 62.6 Å². The molecule has 0 aliphatic carbocycles. The zero-order valence-electron chi connectivity index (χ0n) is 39.4. The highest BCUT2D eigenvalue weighted by Gasteiger charge is 2.53. The van der Waals surface area contributed by atoms with Crippen LogP contribution in [-0.2, 0) is 0 Å². The maximum absolute atomic E-state index is 4.14. The Morgan fingerprint density at radius 1 is 0.333 bits per heavy atom. The minimum absolute atomic E-state index is 1.06. The van der Waals surface area contributed by atoms with E-state index in [1.807, 2.05) is 0 Å². The third-order valence-electron chi connectivity index (χ3n) is 14.8. The maximum atomic E-state index is 4.14. The molecule has 0 unspecified atom stereocenters. The van der Waals surface area contributed by atoms with Gasteiger partial charge in [0.05, 0.1) is 0 Å². The van der Waals surface area contributed by atoms with E-state index in [2.05, 4.69) is 300 Å². The molecule has 0 saturated heterocycles. The molecule has 1 N–H and O–H groups in total. The van der Waals surface area contributed by atoms with Crippen LogP contribution in [-0.4, -0.2) is 15.4 Å². The lowest BCUT2D eigenvalue weighted by molar-refractivity contribution is 1.24. The van der Waals surface area contributed by atoms with Gasteiger partial charge in [0.2, 0.25) is 0 Å². The molecule has 0 fully saturated rings. The molecule has 0 bridgehead atoms. The zero-order valence-corrected chi connectivity index (χ0v) is 40.4. The van der Waals surface area contributed by atoms with Crippen molar-refractivity contribution in [1.29, 1.82) is 0 Å². The van der Waals surface area contributed by atoms with E-state index in [4.69, 9.17) is 0 Å². The van der Waals surface area contributed by atoms with Crippen molar-refractivity contribution < 1.29 is 0 Å². The summed E-state index contributed by atoms with van der Waals surface area (Å²) in [6.07, 6.45) is 0. The summed E-state index contributed by atoms with van der Waals surface area (Å²) in [7, 11) is -0.406. The van der Waals surface area contributed by atoms with Crippen molar-refractivity contribution in [3.63, 3.8) is 0 Å². The summed E-state index contributed by atoms with van der Waals surface area (Å²) in [6, 6.07) is 100. The Hall–Kier alpha value is -9.10. The largest absolute Gasteiger partial charge is 0.355 e. The van der Waals surface area contributed by atoms with Crippen LogP contribution in [0.1, 0.15) is 0 Å². The van der Waals surface area contributed by atoms with Crippen molar-refractivity contribution in [2.24, 2.45) is 0 Å². The molecule has 0 saturated carbocycles. The first-order valence-electron chi connectivity index (χ1n) is 24.8. The minimum Gasteiger partial charge on any atom is -0.355 e. The van der Waals surface area contributed by atoms with Crippen LogP contribution in [0.5, 0.6) is 0 Å². The van der Waals surface area contributed by atoms with E-state index in [-0.39, 0.29) is 0 Å². The second kappa shape index (κ2) is 17.1. The van der Waals surface area contributed by atoms with Gasteiger partial charge in [-0.25, -0.2) is 0 Å². The number of fused-ring (bicyclic) bond motifs is 11. The molecule has 1 spiro atoms. The SMILES string of the molecule is [B]1c2ccc(N(c3ccccc3)c3ccccc3)cc2N(c2ccccc2)c2cc(N(c3ccccc3)c3ccccc3)cc(-c3cccc4c3Nc3ccccc3[Si]43c4ccccc4-c4ccccc43)c21. The molecule has 0 amide bonds. The summed E-state index contributed by atoms with van der Waals surface area (Å²) in [6.45, 7) is 0. The molecule has 3 aliphatic rings. The highest BCUT2D eigenvalue weighted by Crippen LogP contribution is 2.47. The standard InChI is InChI=1S/C66H46BN4Si/c1-6-23-46(24-7-1)69(47-25-8-2-9-26-47)51-41-42-57-59(44-51)71(50-31-14-5-15-32-50)60-45-52(70(48-27-10-3-11-28-48)49-29-12-4-13-30-49)43-56(65(60)67-57)55-35-22-40-64-66(55)68-58-36-18-21-39-63(58)72(64)61-37-19-16-33-53(61)54-34-17-20-38-62(54)72/h1-45,68H. The molecule has 72 heavy (non-hydrogen) atoms. The third-order valence-corrected chi connectivity index (χ3v) is 19.8. The van der Waals surface area contributed by atoms with Crippen molar-refractivity contribution >= 4 is 110 Å². The summed E-state index contributed by atoms with van der Waals surface area (Å²) in [5.41, 5.74) is 19.4. The molecule has 6 heteroatoms. The Kier molecular flexibility index (Phi) is 9.93. The van der Waals surface area contributed by atoms with Crippen LogP contribution in [0.15, 0.2) is 273 Å². The molecular weight excluding hydrogens is 888 g/mol. The van der Waals surface area contributed by atoms with Gasteiger partial charge in [0.1, 0.15) is 0 Å². The Morgan fingerprint density at radius 3 is 1.38 bits per heavy atom. The van der Waals surface area contributed by atoms with Crippen LogP contribution in [0, 0.1) is 0 Å². The van der Waals surface area contributed by atoms with Gasteiger partial charge in [-0.05, 0) is 134 Å². The number of nitrogens with one attached hydrogen (secondary N) is 1. The van der Waals surface area contributed by atoms with E-state index in [9.17, 15) is 0 Å². The normalized spacial score (nSPS) is 13.0. The van der Waals surface area contributed by atoms with Gasteiger partial charge >= 0.3 is 0 Å². The van der Waals surface area contributed by atoms with Gasteiger partial charge < -0.3 is 20.0 Å². The smallest absolute Gasteiger partial charge is 0.197 e. The van der Waals surface area contributed by atoms with Crippen LogP contribution >= 0.6 is 0 Å². The third kappa shape index (κ3) is 6.53. The average Bonchev–Trinajstić information content (AvgIpc) is 3.75. The average molecular weight is 934 g/mol. The Morgan fingerprint density at radius 2 is 0.792 bits per heavy atom. The first kappa shape index (κ1) is 41.8. The molecule has 11 aromatic rings. The predicted octanol–water partition coefficient (Wildman–Crippen LogP) is 13.1. The molecular formula is C66H46BN4Si. The van der Waals surface area contributed by atoms with Crippen molar-refractivity contribution in [1.82, 2.24) is 0 Å². The number of benzene rings is 11. The van der Waals surface area contributed by atoms with Gasteiger partial charge in [0, 0.05) is 68.1 Å². The maximum Gasteiger partial charge on any atom is 0.197 e. The van der Waals surface area contributed by atoms with Crippen LogP contribution in [0.2, 0.25) is 0 Å². The highest BCUT2D eigenvalue weighted by atomic mass is 28.3. The quantitative estimate of drug-likeness (QED) is 0.153. The number of rotatable bonds is 8. The summed E-state index contributed by atoms with van der Waals surface area (Å²) >= 11 is 0. The van der Waals surface area contributed by atoms with Gasteiger partial charge in [-0.3, -0.25) is 0 Å². The van der Waals surface area contributed by atoms with Gasteiger partial charge in [0.25, 0.3) is 0 Å². The molecule has 0 aromatic heterocycles. The summed E-state index contributed by atoms with van der Waals surface area (Å²) in [5, 5.41) is 9.80. The van der Waals surface area contributed by atoms with Crippen LogP contribution in [0.3, 0.4) is 0 Å². The second-order valence-corrected chi connectivity index (χ2v) is 22.4. The Labute approximate surface area is 422 Å². The lowest BCUT2D eigenvalue weighted by Crippen LogP contribution is -2.74. The minimum atomic E-state index is -2.84. The number of nitrogens with zero attached hydrogens (tertiary/aromatic N) is 3. The molecule has 11 aromatic carbocycles. The number of hydrogen-bond acceptors (Lipinski definition) is 4. The molecule has 14 rings (SSSR count). The molecule has 0 atom stereocenters. The fraction of sp³-hybridized carbons (Fsp3) is 0. The lowest BCUT2D eigenvalue weighted by atomic mass is 9.58. The zero-order chi connectivity index (χ0) is 47.6. The van der Waals surface area contributed by atoms with Gasteiger partial charge in [-0.15, -0.1) is 0 Å². The fourth-order valence-corrected chi connectivity index (χ4v) is 17.4. The first-order valence-corrected chi connectivity index (χ1v) is 26.8. The number of hydrogen-bond donors (Lipinski definition) is 1. The van der Waals surface area contributed by atoms with E-state index in [1.54, 1.807) is 0 Å². The summed E-state index contributed by atoms with van der Waals surface area (Å²) in [4.78, 5) is 7.25. The van der Waals surface area contributed by atoms with Crippen molar-refractivity contribution in [3.8, 4) is 22.3 Å². The predicted molar refractivity (Wildman–Crippen MR) is 307 cm³/mol. The summed E-state index contributed by atoms with van der Waals surface area (Å²) < 4.78 is 0. The monoisotopic (exact) mass is 933 g/mol. The topological polar surface area (TPSA) is 21.8 Å². The Balaban J connectivity index is 1.06. The molecule has 3 aliphatic heterocycles. The summed E-state index contributed by atoms with van der Waals surface area (Å²) in [5.74, 6) is 0. The van der Waals surface area contributed by atoms with E-state index in [1.165, 1.54) is 48.8 Å². The van der Waals surface area contributed by atoms with Crippen molar-refractivity contribution in [2.75, 3.05) is 20.0 Å². The van der Waals surface area contributed by atoms with Crippen LogP contribution < -0.4 is 51.7 Å².